The molecule has 0 aliphatic carbocycles. The van der Waals surface area contributed by atoms with Gasteiger partial charge < -0.3 is 5.73 Å². The summed E-state index contributed by atoms with van der Waals surface area (Å²) in [6.07, 6.45) is 0. The lowest BCUT2D eigenvalue weighted by Gasteiger charge is -2.12. The Labute approximate surface area is 114 Å². The number of sulfonamides is 1. The third-order valence-corrected chi connectivity index (χ3v) is 3.99. The van der Waals surface area contributed by atoms with Crippen molar-refractivity contribution in [3.05, 3.63) is 28.5 Å². The summed E-state index contributed by atoms with van der Waals surface area (Å²) in [6, 6.07) is 3.29. The SMILES string of the molecule is C[C@@H](CN)NS(=O)(=O)c1cc(Br)ccc1F.Cl. The number of hydrogen-bond donors (Lipinski definition) is 2. The van der Waals surface area contributed by atoms with Crippen LogP contribution in [0, 0.1) is 5.82 Å². The Hall–Kier alpha value is -0.210. The summed E-state index contributed by atoms with van der Waals surface area (Å²) in [4.78, 5) is -0.387. The summed E-state index contributed by atoms with van der Waals surface area (Å²) < 4.78 is 39.6. The number of rotatable bonds is 4. The molecule has 1 aromatic rings. The number of nitrogens with one attached hydrogen (secondary N) is 1. The van der Waals surface area contributed by atoms with Gasteiger partial charge in [-0.15, -0.1) is 12.4 Å². The van der Waals surface area contributed by atoms with Crippen molar-refractivity contribution in [2.75, 3.05) is 6.54 Å². The second kappa shape index (κ2) is 6.65. The van der Waals surface area contributed by atoms with E-state index in [1.807, 2.05) is 0 Å². The molecular weight excluding hydrogens is 335 g/mol. The zero-order chi connectivity index (χ0) is 12.3. The van der Waals surface area contributed by atoms with Gasteiger partial charge in [0.2, 0.25) is 10.0 Å². The Balaban J connectivity index is 0.00000256. The highest BCUT2D eigenvalue weighted by Gasteiger charge is 2.20. The molecule has 4 nitrogen and oxygen atoms in total. The summed E-state index contributed by atoms with van der Waals surface area (Å²) in [6.45, 7) is 1.75. The largest absolute Gasteiger partial charge is 0.329 e. The summed E-state index contributed by atoms with van der Waals surface area (Å²) in [7, 11) is -3.86. The van der Waals surface area contributed by atoms with Gasteiger partial charge in [-0.05, 0) is 25.1 Å². The first-order valence-electron chi connectivity index (χ1n) is 4.54. The smallest absolute Gasteiger partial charge is 0.243 e. The maximum absolute atomic E-state index is 13.3. The average molecular weight is 348 g/mol. The second-order valence-corrected chi connectivity index (χ2v) is 5.93. The minimum Gasteiger partial charge on any atom is -0.329 e. The van der Waals surface area contributed by atoms with Crippen molar-refractivity contribution in [2.24, 2.45) is 5.73 Å². The molecule has 0 spiro atoms. The minimum absolute atomic E-state index is 0. The van der Waals surface area contributed by atoms with Gasteiger partial charge >= 0.3 is 0 Å². The van der Waals surface area contributed by atoms with Gasteiger partial charge in [0.25, 0.3) is 0 Å². The van der Waals surface area contributed by atoms with Gasteiger partial charge in [0.15, 0.2) is 0 Å². The standard InChI is InChI=1S/C9H12BrFN2O2S.ClH/c1-6(5-12)13-16(14,15)9-4-7(10)2-3-8(9)11;/h2-4,6,13H,5,12H2,1H3;1H/t6-;/m0./s1. The molecule has 17 heavy (non-hydrogen) atoms. The van der Waals surface area contributed by atoms with Crippen molar-refractivity contribution in [3.8, 4) is 0 Å². The lowest BCUT2D eigenvalue weighted by molar-refractivity contribution is 0.544. The topological polar surface area (TPSA) is 72.2 Å². The highest BCUT2D eigenvalue weighted by molar-refractivity contribution is 9.10. The maximum Gasteiger partial charge on any atom is 0.243 e. The quantitative estimate of drug-likeness (QED) is 0.869. The number of nitrogens with two attached hydrogens (primary N) is 1. The van der Waals surface area contributed by atoms with Gasteiger partial charge in [0.1, 0.15) is 10.7 Å². The van der Waals surface area contributed by atoms with Crippen LogP contribution in [0.4, 0.5) is 4.39 Å². The van der Waals surface area contributed by atoms with E-state index in [1.165, 1.54) is 12.1 Å². The highest BCUT2D eigenvalue weighted by Crippen LogP contribution is 2.19. The minimum atomic E-state index is -3.86. The van der Waals surface area contributed by atoms with Crippen molar-refractivity contribution >= 4 is 38.4 Å². The molecular formula is C9H13BrClFN2O2S. The van der Waals surface area contributed by atoms with E-state index in [-0.39, 0.29) is 23.8 Å². The molecule has 1 aromatic carbocycles. The van der Waals surface area contributed by atoms with Crippen LogP contribution in [0.1, 0.15) is 6.92 Å². The molecule has 3 N–H and O–H groups in total. The predicted octanol–water partition coefficient (Wildman–Crippen LogP) is 1.64. The van der Waals surface area contributed by atoms with Crippen molar-refractivity contribution in [1.82, 2.24) is 4.72 Å². The van der Waals surface area contributed by atoms with Crippen LogP contribution in [-0.4, -0.2) is 21.0 Å². The van der Waals surface area contributed by atoms with Gasteiger partial charge in [-0.2, -0.15) is 0 Å². The molecule has 0 bridgehead atoms. The van der Waals surface area contributed by atoms with Crippen LogP contribution in [0.15, 0.2) is 27.6 Å². The molecule has 1 atom stereocenters. The summed E-state index contributed by atoms with van der Waals surface area (Å²) in [5.74, 6) is -0.792. The number of hydrogen-bond acceptors (Lipinski definition) is 3. The van der Waals surface area contributed by atoms with E-state index in [0.29, 0.717) is 4.47 Å². The third kappa shape index (κ3) is 4.51. The highest BCUT2D eigenvalue weighted by atomic mass is 79.9. The molecule has 1 rings (SSSR count). The van der Waals surface area contributed by atoms with Crippen LogP contribution in [0.3, 0.4) is 0 Å². The van der Waals surface area contributed by atoms with Crippen LogP contribution in [0.25, 0.3) is 0 Å². The Kier molecular flexibility index (Phi) is 6.57. The van der Waals surface area contributed by atoms with Crippen LogP contribution in [0.5, 0.6) is 0 Å². The lowest BCUT2D eigenvalue weighted by Crippen LogP contribution is -2.38. The molecule has 0 saturated heterocycles. The average Bonchev–Trinajstić information content (AvgIpc) is 2.20. The molecule has 8 heteroatoms. The first-order valence-corrected chi connectivity index (χ1v) is 6.82. The fourth-order valence-corrected chi connectivity index (χ4v) is 2.93. The van der Waals surface area contributed by atoms with Crippen molar-refractivity contribution in [3.63, 3.8) is 0 Å². The third-order valence-electron chi connectivity index (χ3n) is 1.89. The normalized spacial score (nSPS) is 12.9. The van der Waals surface area contributed by atoms with E-state index in [1.54, 1.807) is 6.92 Å². The summed E-state index contributed by atoms with van der Waals surface area (Å²) >= 11 is 3.09. The van der Waals surface area contributed by atoms with E-state index < -0.39 is 21.9 Å². The van der Waals surface area contributed by atoms with Gasteiger partial charge in [-0.25, -0.2) is 17.5 Å². The van der Waals surface area contributed by atoms with Crippen molar-refractivity contribution in [2.45, 2.75) is 17.9 Å². The molecule has 0 unspecified atom stereocenters. The Morgan fingerprint density at radius 1 is 1.53 bits per heavy atom. The van der Waals surface area contributed by atoms with E-state index in [2.05, 4.69) is 20.7 Å². The van der Waals surface area contributed by atoms with Gasteiger partial charge in [-0.1, -0.05) is 15.9 Å². The monoisotopic (exact) mass is 346 g/mol. The molecule has 0 amide bonds. The lowest BCUT2D eigenvalue weighted by atomic mass is 10.3. The van der Waals surface area contributed by atoms with Crippen LogP contribution >= 0.6 is 28.3 Å². The fourth-order valence-electron chi connectivity index (χ4n) is 1.06. The predicted molar refractivity (Wildman–Crippen MR) is 70.2 cm³/mol. The van der Waals surface area contributed by atoms with Crippen LogP contribution < -0.4 is 10.5 Å². The summed E-state index contributed by atoms with van der Waals surface area (Å²) in [5.41, 5.74) is 5.30. The Morgan fingerprint density at radius 3 is 2.65 bits per heavy atom. The maximum atomic E-state index is 13.3. The van der Waals surface area contributed by atoms with Crippen molar-refractivity contribution < 1.29 is 12.8 Å². The molecule has 98 valence electrons. The number of benzene rings is 1. The fraction of sp³-hybridized carbons (Fsp3) is 0.333. The molecule has 0 heterocycles. The molecule has 0 aliphatic heterocycles. The van der Waals surface area contributed by atoms with Crippen LogP contribution in [0.2, 0.25) is 0 Å². The summed E-state index contributed by atoms with van der Waals surface area (Å²) in [5, 5.41) is 0. The first-order chi connectivity index (χ1) is 7.36. The van der Waals surface area contributed by atoms with Crippen molar-refractivity contribution in [1.29, 1.82) is 0 Å². The molecule has 0 saturated carbocycles. The van der Waals surface area contributed by atoms with Gasteiger partial charge in [0.05, 0.1) is 0 Å². The zero-order valence-electron chi connectivity index (χ0n) is 8.98. The number of halogens is 3. The Bertz CT molecular complexity index is 484. The van der Waals surface area contributed by atoms with Crippen LogP contribution in [-0.2, 0) is 10.0 Å². The second-order valence-electron chi connectivity index (χ2n) is 3.33. The van der Waals surface area contributed by atoms with E-state index in [0.717, 1.165) is 6.07 Å². The zero-order valence-corrected chi connectivity index (χ0v) is 12.2. The molecule has 0 aromatic heterocycles. The Morgan fingerprint density at radius 2 is 2.12 bits per heavy atom. The van der Waals surface area contributed by atoms with E-state index in [9.17, 15) is 12.8 Å². The molecule has 0 aliphatic rings. The van der Waals surface area contributed by atoms with Gasteiger partial charge in [-0.3, -0.25) is 0 Å². The van der Waals surface area contributed by atoms with E-state index >= 15 is 0 Å². The van der Waals surface area contributed by atoms with Gasteiger partial charge in [0, 0.05) is 17.1 Å². The van der Waals surface area contributed by atoms with E-state index in [4.69, 9.17) is 5.73 Å². The molecule has 0 fully saturated rings. The first kappa shape index (κ1) is 16.8. The molecule has 0 radical (unpaired) electrons.